The molecule has 0 bridgehead atoms. The van der Waals surface area contributed by atoms with Crippen LogP contribution in [0.3, 0.4) is 0 Å². The molecule has 1 aliphatic rings. The molecule has 3 rings (SSSR count). The molecular formula is C20H23N3O4. The van der Waals surface area contributed by atoms with E-state index in [0.29, 0.717) is 11.7 Å². The molecule has 2 aromatic rings. The number of para-hydroxylation sites is 1. The van der Waals surface area contributed by atoms with Crippen molar-refractivity contribution in [3.05, 3.63) is 53.9 Å². The van der Waals surface area contributed by atoms with Gasteiger partial charge in [-0.15, -0.1) is 0 Å². The Labute approximate surface area is 158 Å². The number of esters is 2. The van der Waals surface area contributed by atoms with Crippen LogP contribution < -0.4 is 5.32 Å². The van der Waals surface area contributed by atoms with Crippen LogP contribution in [0.1, 0.15) is 38.3 Å². The van der Waals surface area contributed by atoms with E-state index in [1.54, 1.807) is 18.5 Å². The molecule has 0 atom stereocenters. The van der Waals surface area contributed by atoms with E-state index < -0.39 is 11.9 Å². The van der Waals surface area contributed by atoms with Crippen molar-refractivity contribution in [2.24, 2.45) is 0 Å². The maximum absolute atomic E-state index is 12.1. The lowest BCUT2D eigenvalue weighted by Crippen LogP contribution is -2.19. The number of rotatable bonds is 8. The molecule has 0 aliphatic heterocycles. The minimum absolute atomic E-state index is 0.170. The summed E-state index contributed by atoms with van der Waals surface area (Å²) in [6, 6.07) is 11.6. The van der Waals surface area contributed by atoms with Crippen molar-refractivity contribution in [2.45, 2.75) is 32.6 Å². The number of carbonyl (C=O) groups is 2. The topological polar surface area (TPSA) is 82.5 Å². The maximum atomic E-state index is 12.1. The van der Waals surface area contributed by atoms with E-state index in [9.17, 15) is 9.59 Å². The van der Waals surface area contributed by atoms with Crippen molar-refractivity contribution in [1.82, 2.24) is 9.78 Å². The summed E-state index contributed by atoms with van der Waals surface area (Å²) in [4.78, 5) is 24.2. The molecule has 7 nitrogen and oxygen atoms in total. The fourth-order valence-electron chi connectivity index (χ4n) is 2.61. The lowest BCUT2D eigenvalue weighted by Gasteiger charge is -2.09. The zero-order valence-electron chi connectivity index (χ0n) is 15.5. The summed E-state index contributed by atoms with van der Waals surface area (Å²) in [7, 11) is 0. The maximum Gasteiger partial charge on any atom is 0.347 e. The van der Waals surface area contributed by atoms with Crippen LogP contribution in [0.2, 0.25) is 0 Å². The molecule has 142 valence electrons. The zero-order chi connectivity index (χ0) is 19.2. The summed E-state index contributed by atoms with van der Waals surface area (Å²) in [5.41, 5.74) is 1.69. The molecular weight excluding hydrogens is 346 g/mol. The van der Waals surface area contributed by atoms with Gasteiger partial charge in [0.15, 0.2) is 5.57 Å². The molecule has 0 radical (unpaired) electrons. The first kappa shape index (κ1) is 18.7. The van der Waals surface area contributed by atoms with Crippen LogP contribution in [-0.4, -0.2) is 34.9 Å². The monoisotopic (exact) mass is 369 g/mol. The Hall–Kier alpha value is -3.09. The summed E-state index contributed by atoms with van der Waals surface area (Å²) in [5.74, 6) is -0.323. The summed E-state index contributed by atoms with van der Waals surface area (Å²) in [6.07, 6.45) is 3.57. The van der Waals surface area contributed by atoms with Gasteiger partial charge in [0.05, 0.1) is 24.6 Å². The molecule has 1 aromatic carbocycles. The van der Waals surface area contributed by atoms with Crippen LogP contribution in [0.4, 0.5) is 5.82 Å². The third kappa shape index (κ3) is 4.55. The molecule has 1 aliphatic carbocycles. The van der Waals surface area contributed by atoms with E-state index in [-0.39, 0.29) is 18.8 Å². The number of nitrogens with one attached hydrogen (secondary N) is 1. The Morgan fingerprint density at radius 3 is 2.33 bits per heavy atom. The SMILES string of the molecule is CCOC(=O)C(=CNc1cc(C2CC2)nn1-c1ccccc1)C(=O)OCC. The standard InChI is InChI=1S/C20H23N3O4/c1-3-26-19(24)16(20(25)27-4-2)13-21-18-12-17(14-10-11-14)22-23(18)15-8-6-5-7-9-15/h5-9,12-14,21H,3-4,10-11H2,1-2H3. The van der Waals surface area contributed by atoms with Gasteiger partial charge < -0.3 is 14.8 Å². The molecule has 1 aromatic heterocycles. The van der Waals surface area contributed by atoms with Crippen LogP contribution in [0.15, 0.2) is 48.2 Å². The number of benzene rings is 1. The van der Waals surface area contributed by atoms with Crippen LogP contribution in [0.25, 0.3) is 5.69 Å². The summed E-state index contributed by atoms with van der Waals surface area (Å²) >= 11 is 0. The van der Waals surface area contributed by atoms with Gasteiger partial charge in [-0.1, -0.05) is 18.2 Å². The first-order chi connectivity index (χ1) is 13.1. The van der Waals surface area contributed by atoms with E-state index in [2.05, 4.69) is 10.4 Å². The van der Waals surface area contributed by atoms with E-state index in [1.807, 2.05) is 36.4 Å². The van der Waals surface area contributed by atoms with Crippen LogP contribution in [-0.2, 0) is 19.1 Å². The van der Waals surface area contributed by atoms with Crippen molar-refractivity contribution in [1.29, 1.82) is 0 Å². The molecule has 7 heteroatoms. The van der Waals surface area contributed by atoms with Gasteiger partial charge in [0.1, 0.15) is 5.82 Å². The van der Waals surface area contributed by atoms with E-state index >= 15 is 0 Å². The second-order valence-electron chi connectivity index (χ2n) is 6.12. The Morgan fingerprint density at radius 2 is 1.78 bits per heavy atom. The van der Waals surface area contributed by atoms with Crippen LogP contribution in [0, 0.1) is 0 Å². The average Bonchev–Trinajstić information content (AvgIpc) is 3.43. The largest absolute Gasteiger partial charge is 0.462 e. The van der Waals surface area contributed by atoms with E-state index in [1.165, 1.54) is 6.20 Å². The minimum atomic E-state index is -0.725. The quantitative estimate of drug-likeness (QED) is 0.333. The van der Waals surface area contributed by atoms with Gasteiger partial charge >= 0.3 is 11.9 Å². The number of aromatic nitrogens is 2. The Balaban J connectivity index is 1.91. The highest BCUT2D eigenvalue weighted by Crippen LogP contribution is 2.40. The molecule has 27 heavy (non-hydrogen) atoms. The van der Waals surface area contributed by atoms with Gasteiger partial charge in [-0.05, 0) is 38.8 Å². The molecule has 0 unspecified atom stereocenters. The lowest BCUT2D eigenvalue weighted by atomic mass is 10.3. The van der Waals surface area contributed by atoms with E-state index in [0.717, 1.165) is 24.2 Å². The number of ether oxygens (including phenoxy) is 2. The number of nitrogens with zero attached hydrogens (tertiary/aromatic N) is 2. The molecule has 1 saturated carbocycles. The zero-order valence-corrected chi connectivity index (χ0v) is 15.5. The van der Waals surface area contributed by atoms with E-state index in [4.69, 9.17) is 9.47 Å². The molecule has 0 spiro atoms. The van der Waals surface area contributed by atoms with Crippen LogP contribution >= 0.6 is 0 Å². The first-order valence-corrected chi connectivity index (χ1v) is 9.10. The fourth-order valence-corrected chi connectivity index (χ4v) is 2.61. The highest BCUT2D eigenvalue weighted by atomic mass is 16.6. The predicted molar refractivity (Wildman–Crippen MR) is 101 cm³/mol. The summed E-state index contributed by atoms with van der Waals surface area (Å²) in [5, 5.41) is 7.71. The fraction of sp³-hybridized carbons (Fsp3) is 0.350. The third-order valence-corrected chi connectivity index (χ3v) is 4.08. The van der Waals surface area contributed by atoms with Crippen molar-refractivity contribution in [3.63, 3.8) is 0 Å². The number of carbonyl (C=O) groups excluding carboxylic acids is 2. The Kier molecular flexibility index (Phi) is 5.90. The lowest BCUT2D eigenvalue weighted by molar-refractivity contribution is -0.146. The van der Waals surface area contributed by atoms with Crippen molar-refractivity contribution in [2.75, 3.05) is 18.5 Å². The number of anilines is 1. The third-order valence-electron chi connectivity index (χ3n) is 4.08. The second-order valence-corrected chi connectivity index (χ2v) is 6.12. The highest BCUT2D eigenvalue weighted by molar-refractivity contribution is 6.14. The smallest absolute Gasteiger partial charge is 0.347 e. The van der Waals surface area contributed by atoms with Gasteiger partial charge in [0, 0.05) is 18.2 Å². The molecule has 1 N–H and O–H groups in total. The normalized spacial score (nSPS) is 13.0. The van der Waals surface area contributed by atoms with Gasteiger partial charge in [-0.25, -0.2) is 14.3 Å². The van der Waals surface area contributed by atoms with Gasteiger partial charge in [-0.3, -0.25) is 0 Å². The minimum Gasteiger partial charge on any atom is -0.462 e. The van der Waals surface area contributed by atoms with Gasteiger partial charge in [0.25, 0.3) is 0 Å². The number of hydrogen-bond acceptors (Lipinski definition) is 6. The molecule has 0 saturated heterocycles. The average molecular weight is 369 g/mol. The Morgan fingerprint density at radius 1 is 1.15 bits per heavy atom. The number of hydrogen-bond donors (Lipinski definition) is 1. The summed E-state index contributed by atoms with van der Waals surface area (Å²) in [6.45, 7) is 3.70. The molecule has 1 heterocycles. The molecule has 1 fully saturated rings. The van der Waals surface area contributed by atoms with Crippen molar-refractivity contribution < 1.29 is 19.1 Å². The predicted octanol–water partition coefficient (Wildman–Crippen LogP) is 3.17. The van der Waals surface area contributed by atoms with Crippen LogP contribution in [0.5, 0.6) is 0 Å². The highest BCUT2D eigenvalue weighted by Gasteiger charge is 2.28. The Bertz CT molecular complexity index is 818. The first-order valence-electron chi connectivity index (χ1n) is 9.10. The van der Waals surface area contributed by atoms with Gasteiger partial charge in [0.2, 0.25) is 0 Å². The second kappa shape index (κ2) is 8.53. The van der Waals surface area contributed by atoms with Crippen molar-refractivity contribution >= 4 is 17.8 Å². The van der Waals surface area contributed by atoms with Crippen molar-refractivity contribution in [3.8, 4) is 5.69 Å². The van der Waals surface area contributed by atoms with Gasteiger partial charge in [-0.2, -0.15) is 5.10 Å². The summed E-state index contributed by atoms with van der Waals surface area (Å²) < 4.78 is 11.7. The molecule has 0 amide bonds.